The number of carboxylic acids is 1. The van der Waals surface area contributed by atoms with E-state index >= 15 is 0 Å². The number of rotatable bonds is 4. The number of aromatic nitrogens is 2. The van der Waals surface area contributed by atoms with Gasteiger partial charge in [-0.1, -0.05) is 6.07 Å². The molecule has 2 aromatic rings. The molecule has 0 radical (unpaired) electrons. The SMILES string of the molecule is Cc1cccnc1CNc1cnccc1C(=O)O. The molecule has 0 unspecified atom stereocenters. The van der Waals surface area contributed by atoms with Crippen LogP contribution in [-0.2, 0) is 6.54 Å². The highest BCUT2D eigenvalue weighted by Gasteiger charge is 2.09. The zero-order chi connectivity index (χ0) is 13.0. The number of aromatic carboxylic acids is 1. The third-order valence-corrected chi connectivity index (χ3v) is 2.62. The summed E-state index contributed by atoms with van der Waals surface area (Å²) in [6.45, 7) is 2.43. The first kappa shape index (κ1) is 12.0. The van der Waals surface area contributed by atoms with E-state index in [2.05, 4.69) is 15.3 Å². The lowest BCUT2D eigenvalue weighted by Crippen LogP contribution is -2.08. The Hall–Kier alpha value is -2.43. The van der Waals surface area contributed by atoms with E-state index < -0.39 is 5.97 Å². The smallest absolute Gasteiger partial charge is 0.337 e. The van der Waals surface area contributed by atoms with Crippen molar-refractivity contribution in [3.05, 3.63) is 53.6 Å². The van der Waals surface area contributed by atoms with Crippen LogP contribution in [0.5, 0.6) is 0 Å². The summed E-state index contributed by atoms with van der Waals surface area (Å²) in [6.07, 6.45) is 4.67. The molecule has 0 amide bonds. The minimum Gasteiger partial charge on any atom is -0.478 e. The van der Waals surface area contributed by atoms with Gasteiger partial charge in [-0.15, -0.1) is 0 Å². The van der Waals surface area contributed by atoms with E-state index in [1.54, 1.807) is 6.20 Å². The fourth-order valence-corrected chi connectivity index (χ4v) is 1.60. The molecule has 0 aliphatic heterocycles. The molecule has 18 heavy (non-hydrogen) atoms. The van der Waals surface area contributed by atoms with E-state index in [4.69, 9.17) is 5.11 Å². The third-order valence-electron chi connectivity index (χ3n) is 2.62. The van der Waals surface area contributed by atoms with Crippen LogP contribution in [0.25, 0.3) is 0 Å². The molecule has 2 rings (SSSR count). The molecule has 0 spiro atoms. The van der Waals surface area contributed by atoms with Crippen molar-refractivity contribution in [2.24, 2.45) is 0 Å². The quantitative estimate of drug-likeness (QED) is 0.860. The van der Waals surface area contributed by atoms with Crippen molar-refractivity contribution in [3.8, 4) is 0 Å². The Bertz CT molecular complexity index is 570. The van der Waals surface area contributed by atoms with Gasteiger partial charge in [-0.3, -0.25) is 9.97 Å². The number of nitrogens with one attached hydrogen (secondary N) is 1. The first-order chi connectivity index (χ1) is 8.68. The molecule has 0 saturated heterocycles. The van der Waals surface area contributed by atoms with Crippen molar-refractivity contribution in [3.63, 3.8) is 0 Å². The Balaban J connectivity index is 2.16. The van der Waals surface area contributed by atoms with Gasteiger partial charge in [0.05, 0.1) is 29.7 Å². The molecular weight excluding hydrogens is 230 g/mol. The van der Waals surface area contributed by atoms with Gasteiger partial charge in [0, 0.05) is 12.4 Å². The summed E-state index contributed by atoms with van der Waals surface area (Å²) >= 11 is 0. The molecule has 0 saturated carbocycles. The van der Waals surface area contributed by atoms with E-state index in [1.165, 1.54) is 18.5 Å². The van der Waals surface area contributed by atoms with Gasteiger partial charge in [-0.25, -0.2) is 4.79 Å². The number of hydrogen-bond donors (Lipinski definition) is 2. The molecule has 0 fully saturated rings. The average Bonchev–Trinajstić information content (AvgIpc) is 2.38. The fraction of sp³-hybridized carbons (Fsp3) is 0.154. The second-order valence-corrected chi connectivity index (χ2v) is 3.85. The van der Waals surface area contributed by atoms with Crippen LogP contribution in [0.3, 0.4) is 0 Å². The lowest BCUT2D eigenvalue weighted by atomic mass is 10.2. The third kappa shape index (κ3) is 2.63. The predicted octanol–water partition coefficient (Wildman–Crippen LogP) is 2.10. The molecule has 0 aliphatic carbocycles. The zero-order valence-electron chi connectivity index (χ0n) is 9.92. The van der Waals surface area contributed by atoms with Crippen LogP contribution in [0.1, 0.15) is 21.6 Å². The lowest BCUT2D eigenvalue weighted by Gasteiger charge is -2.09. The highest BCUT2D eigenvalue weighted by Crippen LogP contribution is 2.15. The number of carboxylic acid groups (broad SMARTS) is 1. The summed E-state index contributed by atoms with van der Waals surface area (Å²) in [4.78, 5) is 19.2. The number of pyridine rings is 2. The first-order valence-corrected chi connectivity index (χ1v) is 5.50. The van der Waals surface area contributed by atoms with Crippen molar-refractivity contribution in [1.82, 2.24) is 9.97 Å². The van der Waals surface area contributed by atoms with Crippen molar-refractivity contribution < 1.29 is 9.90 Å². The number of carbonyl (C=O) groups is 1. The van der Waals surface area contributed by atoms with Crippen LogP contribution >= 0.6 is 0 Å². The number of hydrogen-bond acceptors (Lipinski definition) is 4. The largest absolute Gasteiger partial charge is 0.478 e. The maximum atomic E-state index is 11.0. The minimum absolute atomic E-state index is 0.207. The van der Waals surface area contributed by atoms with E-state index in [1.807, 2.05) is 19.1 Å². The van der Waals surface area contributed by atoms with Crippen LogP contribution in [0.15, 0.2) is 36.8 Å². The van der Waals surface area contributed by atoms with Gasteiger partial charge in [-0.2, -0.15) is 0 Å². The second kappa shape index (κ2) is 5.27. The summed E-state index contributed by atoms with van der Waals surface area (Å²) < 4.78 is 0. The van der Waals surface area contributed by atoms with Gasteiger partial charge in [0.15, 0.2) is 0 Å². The molecule has 5 heteroatoms. The van der Waals surface area contributed by atoms with Gasteiger partial charge in [-0.05, 0) is 24.6 Å². The van der Waals surface area contributed by atoms with Crippen molar-refractivity contribution in [2.75, 3.05) is 5.32 Å². The van der Waals surface area contributed by atoms with E-state index in [0.717, 1.165) is 11.3 Å². The predicted molar refractivity (Wildman–Crippen MR) is 67.5 cm³/mol. The van der Waals surface area contributed by atoms with Crippen LogP contribution in [-0.4, -0.2) is 21.0 Å². The molecule has 0 atom stereocenters. The molecule has 0 aliphatic rings. The summed E-state index contributed by atoms with van der Waals surface area (Å²) in [7, 11) is 0. The van der Waals surface area contributed by atoms with Crippen LogP contribution in [0.2, 0.25) is 0 Å². The van der Waals surface area contributed by atoms with E-state index in [-0.39, 0.29) is 5.56 Å². The van der Waals surface area contributed by atoms with Gasteiger partial charge < -0.3 is 10.4 Å². The maximum absolute atomic E-state index is 11.0. The molecule has 2 heterocycles. The average molecular weight is 243 g/mol. The van der Waals surface area contributed by atoms with Gasteiger partial charge in [0.2, 0.25) is 0 Å². The molecule has 0 bridgehead atoms. The van der Waals surface area contributed by atoms with Crippen molar-refractivity contribution in [2.45, 2.75) is 13.5 Å². The Morgan fingerprint density at radius 2 is 2.22 bits per heavy atom. The number of nitrogens with zero attached hydrogens (tertiary/aromatic N) is 2. The highest BCUT2D eigenvalue weighted by molar-refractivity contribution is 5.93. The minimum atomic E-state index is -0.974. The summed E-state index contributed by atoms with van der Waals surface area (Å²) in [6, 6.07) is 5.30. The van der Waals surface area contributed by atoms with E-state index in [9.17, 15) is 4.79 Å². The molecule has 92 valence electrons. The summed E-state index contributed by atoms with van der Waals surface area (Å²) in [5, 5.41) is 12.1. The maximum Gasteiger partial charge on any atom is 0.337 e. The van der Waals surface area contributed by atoms with Gasteiger partial charge in [0.1, 0.15) is 0 Å². The van der Waals surface area contributed by atoms with Gasteiger partial charge in [0.25, 0.3) is 0 Å². The standard InChI is InChI=1S/C13H13N3O2/c1-9-3-2-5-15-11(9)8-16-12-7-14-6-4-10(12)13(17)18/h2-7,16H,8H2,1H3,(H,17,18). The molecule has 2 N–H and O–H groups in total. The van der Waals surface area contributed by atoms with Gasteiger partial charge >= 0.3 is 5.97 Å². The first-order valence-electron chi connectivity index (χ1n) is 5.50. The Morgan fingerprint density at radius 1 is 1.39 bits per heavy atom. The van der Waals surface area contributed by atoms with Crippen LogP contribution in [0.4, 0.5) is 5.69 Å². The number of aryl methyl sites for hydroxylation is 1. The zero-order valence-corrected chi connectivity index (χ0v) is 9.92. The summed E-state index contributed by atoms with van der Waals surface area (Å²) in [5.74, 6) is -0.974. The molecular formula is C13H13N3O2. The lowest BCUT2D eigenvalue weighted by molar-refractivity contribution is 0.0698. The van der Waals surface area contributed by atoms with E-state index in [0.29, 0.717) is 12.2 Å². The normalized spacial score (nSPS) is 10.1. The topological polar surface area (TPSA) is 75.1 Å². The van der Waals surface area contributed by atoms with Crippen LogP contribution in [0, 0.1) is 6.92 Å². The van der Waals surface area contributed by atoms with Crippen molar-refractivity contribution >= 4 is 11.7 Å². The summed E-state index contributed by atoms with van der Waals surface area (Å²) in [5.41, 5.74) is 2.65. The molecule has 0 aromatic carbocycles. The Morgan fingerprint density at radius 3 is 2.94 bits per heavy atom. The second-order valence-electron chi connectivity index (χ2n) is 3.85. The van der Waals surface area contributed by atoms with Crippen LogP contribution < -0.4 is 5.32 Å². The molecule has 2 aromatic heterocycles. The Kier molecular flexibility index (Phi) is 3.52. The number of anilines is 1. The fourth-order valence-electron chi connectivity index (χ4n) is 1.60. The molecule has 5 nitrogen and oxygen atoms in total. The Labute approximate surface area is 105 Å². The highest BCUT2D eigenvalue weighted by atomic mass is 16.4. The monoisotopic (exact) mass is 243 g/mol. The van der Waals surface area contributed by atoms with Crippen molar-refractivity contribution in [1.29, 1.82) is 0 Å².